The van der Waals surface area contributed by atoms with E-state index < -0.39 is 0 Å². The topological polar surface area (TPSA) is 130 Å². The average molecular weight is 523 g/mol. The van der Waals surface area contributed by atoms with E-state index in [1.165, 1.54) is 0 Å². The summed E-state index contributed by atoms with van der Waals surface area (Å²) in [6.07, 6.45) is 1.54. The number of nitrogens with one attached hydrogen (secondary N) is 3. The summed E-state index contributed by atoms with van der Waals surface area (Å²) in [6.45, 7) is 6.22. The van der Waals surface area contributed by atoms with Crippen LogP contribution in [-0.4, -0.2) is 42.2 Å². The molecule has 0 bridgehead atoms. The van der Waals surface area contributed by atoms with Crippen molar-refractivity contribution in [1.82, 2.24) is 35.5 Å². The fourth-order valence-corrected chi connectivity index (χ4v) is 4.53. The molecule has 10 nitrogen and oxygen atoms in total. The van der Waals surface area contributed by atoms with Gasteiger partial charge in [-0.25, -0.2) is 9.78 Å². The largest absolute Gasteiger partial charge is 0.336 e. The number of hydrogen-bond acceptors (Lipinski definition) is 6. The summed E-state index contributed by atoms with van der Waals surface area (Å²) in [5, 5.41) is 20.5. The smallest absolute Gasteiger partial charge is 0.319 e. The minimum atomic E-state index is -0.318. The zero-order valence-corrected chi connectivity index (χ0v) is 22.1. The van der Waals surface area contributed by atoms with Crippen LogP contribution in [-0.2, 0) is 13.0 Å². The molecule has 39 heavy (non-hydrogen) atoms. The van der Waals surface area contributed by atoms with Crippen molar-refractivity contribution in [3.05, 3.63) is 88.5 Å². The zero-order chi connectivity index (χ0) is 27.4. The van der Waals surface area contributed by atoms with E-state index in [2.05, 4.69) is 38.2 Å². The quantitative estimate of drug-likeness (QED) is 0.269. The van der Waals surface area contributed by atoms with Gasteiger partial charge in [0.25, 0.3) is 5.56 Å². The van der Waals surface area contributed by atoms with E-state index in [1.807, 2.05) is 62.4 Å². The Kier molecular flexibility index (Phi) is 7.44. The third-order valence-corrected chi connectivity index (χ3v) is 6.30. The van der Waals surface area contributed by atoms with Crippen molar-refractivity contribution in [3.63, 3.8) is 0 Å². The van der Waals surface area contributed by atoms with Crippen LogP contribution in [0.25, 0.3) is 33.4 Å². The van der Waals surface area contributed by atoms with Crippen LogP contribution in [0.2, 0.25) is 0 Å². The number of hydrogen-bond donors (Lipinski definition) is 3. The van der Waals surface area contributed by atoms with Crippen LogP contribution >= 0.6 is 0 Å². The monoisotopic (exact) mass is 522 g/mol. The first kappa shape index (κ1) is 25.8. The summed E-state index contributed by atoms with van der Waals surface area (Å²) in [5.41, 5.74) is 4.87. The number of anilines is 1. The van der Waals surface area contributed by atoms with Gasteiger partial charge in [-0.2, -0.15) is 5.21 Å². The molecule has 2 amide bonds. The zero-order valence-electron chi connectivity index (χ0n) is 22.1. The van der Waals surface area contributed by atoms with Gasteiger partial charge >= 0.3 is 6.03 Å². The third kappa shape index (κ3) is 5.69. The molecule has 0 saturated carbocycles. The van der Waals surface area contributed by atoms with E-state index >= 15 is 0 Å². The minimum absolute atomic E-state index is 0.000181. The van der Waals surface area contributed by atoms with E-state index in [9.17, 15) is 9.59 Å². The number of fused-ring (bicyclic) bond motifs is 1. The second kappa shape index (κ2) is 11.3. The Balaban J connectivity index is 1.47. The van der Waals surface area contributed by atoms with Crippen molar-refractivity contribution >= 4 is 22.6 Å². The molecule has 3 N–H and O–H groups in total. The highest BCUT2D eigenvalue weighted by atomic mass is 16.2. The summed E-state index contributed by atoms with van der Waals surface area (Å²) in [6, 6.07) is 20.9. The molecule has 0 aliphatic carbocycles. The molecule has 5 rings (SSSR count). The molecule has 10 heteroatoms. The summed E-state index contributed by atoms with van der Waals surface area (Å²) in [4.78, 5) is 30.7. The second-order valence-electron chi connectivity index (χ2n) is 9.63. The summed E-state index contributed by atoms with van der Waals surface area (Å²) < 4.78 is 1.73. The number of aryl methyl sites for hydroxylation is 1. The van der Waals surface area contributed by atoms with Crippen LogP contribution < -0.4 is 16.2 Å². The van der Waals surface area contributed by atoms with E-state index in [1.54, 1.807) is 22.8 Å². The number of tetrazole rings is 1. The molecule has 3 aromatic carbocycles. The lowest BCUT2D eigenvalue weighted by Crippen LogP contribution is -2.34. The fourth-order valence-electron chi connectivity index (χ4n) is 4.53. The predicted octanol–water partition coefficient (Wildman–Crippen LogP) is 4.77. The maximum Gasteiger partial charge on any atom is 0.319 e. The molecule has 0 fully saturated rings. The number of carbonyl (C=O) groups excluding carboxylic acids is 1. The van der Waals surface area contributed by atoms with Gasteiger partial charge < -0.3 is 10.6 Å². The Morgan fingerprint density at radius 1 is 1.03 bits per heavy atom. The van der Waals surface area contributed by atoms with Crippen molar-refractivity contribution < 1.29 is 4.79 Å². The van der Waals surface area contributed by atoms with Gasteiger partial charge in [-0.05, 0) is 60.4 Å². The minimum Gasteiger partial charge on any atom is -0.336 e. The van der Waals surface area contributed by atoms with Gasteiger partial charge in [0.05, 0.1) is 17.4 Å². The number of aromatic amines is 1. The first-order valence-corrected chi connectivity index (χ1v) is 13.0. The van der Waals surface area contributed by atoms with E-state index in [0.717, 1.165) is 34.5 Å². The highest BCUT2D eigenvalue weighted by Crippen LogP contribution is 2.30. The molecule has 0 saturated heterocycles. The van der Waals surface area contributed by atoms with Gasteiger partial charge in [-0.1, -0.05) is 55.5 Å². The van der Waals surface area contributed by atoms with Crippen molar-refractivity contribution in [2.45, 2.75) is 46.2 Å². The van der Waals surface area contributed by atoms with Crippen molar-refractivity contribution in [3.8, 4) is 22.5 Å². The van der Waals surface area contributed by atoms with E-state index in [0.29, 0.717) is 35.4 Å². The van der Waals surface area contributed by atoms with Gasteiger partial charge in [-0.15, -0.1) is 10.2 Å². The van der Waals surface area contributed by atoms with Crippen LogP contribution in [0.1, 0.15) is 38.6 Å². The lowest BCUT2D eigenvalue weighted by atomic mass is 9.98. The Labute approximate surface area is 225 Å². The molecule has 0 aliphatic heterocycles. The highest BCUT2D eigenvalue weighted by molar-refractivity contribution is 5.92. The van der Waals surface area contributed by atoms with Gasteiger partial charge in [0.1, 0.15) is 5.82 Å². The van der Waals surface area contributed by atoms with Gasteiger partial charge in [0, 0.05) is 23.7 Å². The number of carbonyl (C=O) groups is 1. The maximum atomic E-state index is 13.7. The molecule has 0 aliphatic rings. The highest BCUT2D eigenvalue weighted by Gasteiger charge is 2.14. The molecule has 0 unspecified atom stereocenters. The van der Waals surface area contributed by atoms with Crippen LogP contribution in [0.3, 0.4) is 0 Å². The van der Waals surface area contributed by atoms with E-state index in [4.69, 9.17) is 4.98 Å². The fraction of sp³-hybridized carbons (Fsp3) is 0.241. The Hall–Kier alpha value is -4.86. The Morgan fingerprint density at radius 3 is 2.49 bits per heavy atom. The molecular weight excluding hydrogens is 492 g/mol. The number of benzene rings is 3. The number of amides is 2. The van der Waals surface area contributed by atoms with Crippen molar-refractivity contribution in [1.29, 1.82) is 0 Å². The summed E-state index contributed by atoms with van der Waals surface area (Å²) in [5.74, 6) is 1.27. The van der Waals surface area contributed by atoms with E-state index in [-0.39, 0.29) is 17.6 Å². The van der Waals surface area contributed by atoms with Crippen LogP contribution in [0, 0.1) is 0 Å². The van der Waals surface area contributed by atoms with Crippen LogP contribution in [0.4, 0.5) is 10.5 Å². The van der Waals surface area contributed by atoms with Crippen molar-refractivity contribution in [2.24, 2.45) is 0 Å². The average Bonchev–Trinajstić information content (AvgIpc) is 3.46. The number of H-pyrrole nitrogens is 1. The standard InChI is InChI=1S/C29H30N8O2/c1-4-7-26-32-25-15-14-21(31-29(39)30-18(2)3)16-24(25)28(38)37(26)17-19-10-12-20(13-11-19)22-8-5-6-9-23(22)27-33-35-36-34-27/h5-6,8-16,18H,4,7,17H2,1-3H3,(H2,30,31,39)(H,33,34,35,36). The predicted molar refractivity (Wildman–Crippen MR) is 151 cm³/mol. The SMILES string of the molecule is CCCc1nc2ccc(NC(=O)NC(C)C)cc2c(=O)n1Cc1ccc(-c2ccccc2-c2nn[nH]n2)cc1. The molecule has 0 spiro atoms. The molecule has 5 aromatic rings. The summed E-state index contributed by atoms with van der Waals surface area (Å²) in [7, 11) is 0. The molecule has 2 aromatic heterocycles. The number of nitrogens with zero attached hydrogens (tertiary/aromatic N) is 5. The number of aromatic nitrogens is 6. The summed E-state index contributed by atoms with van der Waals surface area (Å²) >= 11 is 0. The van der Waals surface area contributed by atoms with Crippen molar-refractivity contribution in [2.75, 3.05) is 5.32 Å². The normalized spacial score (nSPS) is 11.2. The number of urea groups is 1. The lowest BCUT2D eigenvalue weighted by molar-refractivity contribution is 0.250. The van der Waals surface area contributed by atoms with Gasteiger partial charge in [0.2, 0.25) is 5.82 Å². The first-order chi connectivity index (χ1) is 18.9. The van der Waals surface area contributed by atoms with Crippen LogP contribution in [0.15, 0.2) is 71.5 Å². The Morgan fingerprint density at radius 2 is 1.79 bits per heavy atom. The molecule has 198 valence electrons. The molecule has 0 radical (unpaired) electrons. The molecule has 0 atom stereocenters. The van der Waals surface area contributed by atoms with Crippen LogP contribution in [0.5, 0.6) is 0 Å². The molecule has 2 heterocycles. The molecular formula is C29H30N8O2. The Bertz CT molecular complexity index is 1660. The number of rotatable bonds is 8. The van der Waals surface area contributed by atoms with Gasteiger partial charge in [-0.3, -0.25) is 9.36 Å². The first-order valence-electron chi connectivity index (χ1n) is 13.0. The lowest BCUT2D eigenvalue weighted by Gasteiger charge is -2.15. The maximum absolute atomic E-state index is 13.7. The third-order valence-electron chi connectivity index (χ3n) is 6.30. The van der Waals surface area contributed by atoms with Gasteiger partial charge in [0.15, 0.2) is 0 Å². The second-order valence-corrected chi connectivity index (χ2v) is 9.63.